The lowest BCUT2D eigenvalue weighted by molar-refractivity contribution is -0.150. The Hall–Kier alpha value is -3.89. The van der Waals surface area contributed by atoms with E-state index in [0.717, 1.165) is 26.1 Å². The molecule has 9 unspecified atom stereocenters. The Balaban J connectivity index is 1.35. The number of pyridine rings is 1. The number of nitrogens with one attached hydrogen (secondary N) is 2. The normalized spacial score (nSPS) is 34.1. The Bertz CT molecular complexity index is 1500. The minimum absolute atomic E-state index is 0.00316. The summed E-state index contributed by atoms with van der Waals surface area (Å²) in [6.07, 6.45) is 0.436. The molecule has 0 aromatic carbocycles. The van der Waals surface area contributed by atoms with Gasteiger partial charge in [-0.3, -0.25) is 19.2 Å². The van der Waals surface area contributed by atoms with Crippen molar-refractivity contribution in [3.05, 3.63) is 18.1 Å². The number of nitrogens with zero attached hydrogens (tertiary/aromatic N) is 4. The van der Waals surface area contributed by atoms with Gasteiger partial charge in [-0.05, 0) is 55.8 Å². The number of alkyl halides is 2. The summed E-state index contributed by atoms with van der Waals surface area (Å²) in [7, 11) is 0. The molecule has 1 aromatic heterocycles. The molecule has 242 valence electrons. The zero-order valence-electron chi connectivity index (χ0n) is 25.8. The van der Waals surface area contributed by atoms with Gasteiger partial charge in [0.15, 0.2) is 17.2 Å². The smallest absolute Gasteiger partial charge is 0.271 e. The molecule has 2 aliphatic carbocycles. The molecule has 2 saturated carbocycles. The molecule has 9 atom stereocenters. The lowest BCUT2D eigenvalue weighted by Crippen LogP contribution is -2.61. The van der Waals surface area contributed by atoms with Gasteiger partial charge in [0, 0.05) is 19.0 Å². The Morgan fingerprint density at radius 2 is 1.91 bits per heavy atom. The van der Waals surface area contributed by atoms with Gasteiger partial charge in [-0.1, -0.05) is 20.8 Å². The van der Waals surface area contributed by atoms with Gasteiger partial charge in [0.1, 0.15) is 30.1 Å². The van der Waals surface area contributed by atoms with Crippen molar-refractivity contribution in [2.45, 2.75) is 89.4 Å². The van der Waals surface area contributed by atoms with Crippen molar-refractivity contribution in [3.63, 3.8) is 0 Å². The van der Waals surface area contributed by atoms with Crippen LogP contribution in [0.1, 0.15) is 53.9 Å². The zero-order chi connectivity index (χ0) is 32.8. The van der Waals surface area contributed by atoms with E-state index in [-0.39, 0.29) is 42.9 Å². The van der Waals surface area contributed by atoms with Crippen LogP contribution in [0.15, 0.2) is 12.3 Å². The fraction of sp³-hybridized carbons (Fsp3) is 0.677. The highest BCUT2D eigenvalue weighted by Crippen LogP contribution is 2.59. The molecule has 11 nitrogen and oxygen atoms in total. The molecule has 1 spiro atoms. The molecular formula is C31H37F3N6O5. The molecule has 5 aliphatic rings. The number of anilines is 1. The van der Waals surface area contributed by atoms with E-state index in [1.165, 1.54) is 9.80 Å². The molecule has 45 heavy (non-hydrogen) atoms. The number of hydrogen-bond donors (Lipinski definition) is 2. The molecule has 3 aliphatic heterocycles. The van der Waals surface area contributed by atoms with Gasteiger partial charge in [0.25, 0.3) is 11.8 Å². The van der Waals surface area contributed by atoms with Gasteiger partial charge in [-0.2, -0.15) is 5.26 Å². The maximum atomic E-state index is 15.2. The van der Waals surface area contributed by atoms with Crippen LogP contribution in [0.25, 0.3) is 0 Å². The van der Waals surface area contributed by atoms with Crippen molar-refractivity contribution in [3.8, 4) is 11.8 Å². The first-order valence-corrected chi connectivity index (χ1v) is 15.3. The predicted molar refractivity (Wildman–Crippen MR) is 152 cm³/mol. The van der Waals surface area contributed by atoms with Crippen molar-refractivity contribution in [1.82, 2.24) is 20.1 Å². The van der Waals surface area contributed by atoms with Gasteiger partial charge in [-0.15, -0.1) is 0 Å². The molecule has 1 aromatic rings. The summed E-state index contributed by atoms with van der Waals surface area (Å²) in [4.78, 5) is 61.3. The fourth-order valence-electron chi connectivity index (χ4n) is 8.07. The van der Waals surface area contributed by atoms with E-state index >= 15 is 4.39 Å². The summed E-state index contributed by atoms with van der Waals surface area (Å²) in [5.41, 5.74) is -4.89. The van der Waals surface area contributed by atoms with Crippen molar-refractivity contribution in [2.75, 3.05) is 18.4 Å². The van der Waals surface area contributed by atoms with Crippen LogP contribution in [-0.2, 0) is 19.2 Å². The van der Waals surface area contributed by atoms with E-state index < -0.39 is 82.3 Å². The Morgan fingerprint density at radius 1 is 1.20 bits per heavy atom. The standard InChI is InChI=1S/C31H37F3N6O5/c1-29(2,3)23(37-27(43)30(4,5)34)26(42)39-12-18-14-6-17(19(33)7-14)21(18)22(39)25(41)40-13-31(9-16(40)10-35)28(44)38-24-20(45-31)8-15(32)11-36-24/h8,11,14,16-19,21-23H,6-7,9,12-13H2,1-5H3,(H,37,43)(H,36,38,44). The van der Waals surface area contributed by atoms with Crippen LogP contribution >= 0.6 is 0 Å². The van der Waals surface area contributed by atoms with Crippen molar-refractivity contribution >= 4 is 29.4 Å². The molecule has 4 fully saturated rings. The van der Waals surface area contributed by atoms with E-state index in [2.05, 4.69) is 21.7 Å². The second-order valence-corrected chi connectivity index (χ2v) is 14.7. The van der Waals surface area contributed by atoms with Crippen molar-refractivity contribution in [2.24, 2.45) is 29.1 Å². The maximum absolute atomic E-state index is 15.2. The maximum Gasteiger partial charge on any atom is 0.271 e. The number of carbonyl (C=O) groups excluding carboxylic acids is 4. The number of aromatic nitrogens is 1. The Labute approximate surface area is 258 Å². The predicted octanol–water partition coefficient (Wildman–Crippen LogP) is 2.51. The largest absolute Gasteiger partial charge is 0.471 e. The highest BCUT2D eigenvalue weighted by atomic mass is 19.1. The molecule has 2 N–H and O–H groups in total. The van der Waals surface area contributed by atoms with Crippen LogP contribution in [0, 0.1) is 46.2 Å². The molecular weight excluding hydrogens is 593 g/mol. The third kappa shape index (κ3) is 4.98. The molecule has 0 radical (unpaired) electrons. The summed E-state index contributed by atoms with van der Waals surface area (Å²) < 4.78 is 49.7. The Morgan fingerprint density at radius 3 is 2.56 bits per heavy atom. The summed E-state index contributed by atoms with van der Waals surface area (Å²) in [5, 5.41) is 15.2. The van der Waals surface area contributed by atoms with Crippen LogP contribution < -0.4 is 15.4 Å². The topological polar surface area (TPSA) is 145 Å². The zero-order valence-corrected chi connectivity index (χ0v) is 25.8. The van der Waals surface area contributed by atoms with E-state index in [1.807, 2.05) is 0 Å². The van der Waals surface area contributed by atoms with Crippen LogP contribution in [0.4, 0.5) is 19.0 Å². The summed E-state index contributed by atoms with van der Waals surface area (Å²) in [5.74, 6) is -4.88. The number of hydrogen-bond acceptors (Lipinski definition) is 7. The first-order chi connectivity index (χ1) is 20.9. The van der Waals surface area contributed by atoms with Crippen LogP contribution in [0.3, 0.4) is 0 Å². The molecule has 2 saturated heterocycles. The molecule has 4 amide bonds. The van der Waals surface area contributed by atoms with Gasteiger partial charge in [0.2, 0.25) is 17.4 Å². The lowest BCUT2D eigenvalue weighted by atomic mass is 9.77. The molecule has 6 rings (SSSR count). The molecule has 4 heterocycles. The van der Waals surface area contributed by atoms with E-state index in [4.69, 9.17) is 4.74 Å². The molecule has 14 heteroatoms. The van der Waals surface area contributed by atoms with Crippen molar-refractivity contribution in [1.29, 1.82) is 5.26 Å². The average molecular weight is 631 g/mol. The van der Waals surface area contributed by atoms with E-state index in [1.54, 1.807) is 20.8 Å². The summed E-state index contributed by atoms with van der Waals surface area (Å²) in [6, 6.07) is -0.428. The van der Waals surface area contributed by atoms with Crippen LogP contribution in [-0.4, -0.2) is 87.1 Å². The number of carbonyl (C=O) groups is 4. The Kier molecular flexibility index (Phi) is 7.13. The van der Waals surface area contributed by atoms with Gasteiger partial charge in [0.05, 0.1) is 18.8 Å². The summed E-state index contributed by atoms with van der Waals surface area (Å²) in [6.45, 7) is 7.05. The average Bonchev–Trinajstić information content (AvgIpc) is 3.70. The highest BCUT2D eigenvalue weighted by Gasteiger charge is 2.65. The van der Waals surface area contributed by atoms with Crippen LogP contribution in [0.2, 0.25) is 0 Å². The SMILES string of the molecule is CC(C)(F)C(=O)NC(C(=O)N1CC2C3CC(F)C(C3)C2C1C(=O)N1CC2(CC1C#N)Oc1cc(F)cnc1NC2=O)C(C)(C)C. The van der Waals surface area contributed by atoms with Gasteiger partial charge < -0.3 is 25.2 Å². The van der Waals surface area contributed by atoms with E-state index in [9.17, 15) is 33.2 Å². The highest BCUT2D eigenvalue weighted by molar-refractivity contribution is 6.01. The number of halogens is 3. The first-order valence-electron chi connectivity index (χ1n) is 15.3. The quantitative estimate of drug-likeness (QED) is 0.520. The van der Waals surface area contributed by atoms with Crippen molar-refractivity contribution < 1.29 is 37.1 Å². The number of ether oxygens (including phenoxy) is 1. The third-order valence-electron chi connectivity index (χ3n) is 10.3. The van der Waals surface area contributed by atoms with Crippen LogP contribution in [0.5, 0.6) is 5.75 Å². The summed E-state index contributed by atoms with van der Waals surface area (Å²) >= 11 is 0. The minimum Gasteiger partial charge on any atom is -0.471 e. The molecule has 2 bridgehead atoms. The fourth-order valence-corrected chi connectivity index (χ4v) is 8.07. The minimum atomic E-state index is -2.28. The first kappa shape index (κ1) is 31.1. The number of fused-ring (bicyclic) bond motifs is 6. The number of likely N-dealkylation sites (tertiary alicyclic amines) is 2. The van der Waals surface area contributed by atoms with E-state index in [0.29, 0.717) is 12.8 Å². The lowest BCUT2D eigenvalue weighted by Gasteiger charge is -2.39. The number of nitriles is 1. The third-order valence-corrected chi connectivity index (χ3v) is 10.3. The number of rotatable bonds is 4. The van der Waals surface area contributed by atoms with Gasteiger partial charge in [-0.25, -0.2) is 18.2 Å². The second kappa shape index (κ2) is 10.3. The van der Waals surface area contributed by atoms with Gasteiger partial charge >= 0.3 is 0 Å². The second-order valence-electron chi connectivity index (χ2n) is 14.7. The monoisotopic (exact) mass is 630 g/mol. The number of amides is 4.